The van der Waals surface area contributed by atoms with Gasteiger partial charge < -0.3 is 9.64 Å². The zero-order valence-electron chi connectivity index (χ0n) is 13.5. The molecule has 1 N–H and O–H groups in total. The fourth-order valence-corrected chi connectivity index (χ4v) is 3.00. The highest BCUT2D eigenvalue weighted by Crippen LogP contribution is 2.26. The quantitative estimate of drug-likeness (QED) is 0.751. The SMILES string of the molecule is O=C(c1ccc2n[nH]c(=O)n2c1)N1CCOC(c2ccc(F)cc2F)C1. The lowest BCUT2D eigenvalue weighted by Crippen LogP contribution is -2.42. The first kappa shape index (κ1) is 16.4. The number of ether oxygens (including phenoxy) is 1. The van der Waals surface area contributed by atoms with Crippen molar-refractivity contribution in [1.82, 2.24) is 19.5 Å². The van der Waals surface area contributed by atoms with Crippen LogP contribution in [0.2, 0.25) is 0 Å². The molecule has 1 amide bonds. The monoisotopic (exact) mass is 360 g/mol. The smallest absolute Gasteiger partial charge is 0.347 e. The molecule has 9 heteroatoms. The van der Waals surface area contributed by atoms with Gasteiger partial charge in [-0.1, -0.05) is 6.07 Å². The van der Waals surface area contributed by atoms with E-state index < -0.39 is 23.4 Å². The number of hydrogen-bond acceptors (Lipinski definition) is 4. The number of carbonyl (C=O) groups is 1. The Kier molecular flexibility index (Phi) is 4.00. The summed E-state index contributed by atoms with van der Waals surface area (Å²) in [4.78, 5) is 25.9. The van der Waals surface area contributed by atoms with Crippen LogP contribution in [0.15, 0.2) is 41.3 Å². The number of pyridine rings is 1. The van der Waals surface area contributed by atoms with E-state index in [-0.39, 0.29) is 24.6 Å². The van der Waals surface area contributed by atoms with Crippen molar-refractivity contribution in [2.75, 3.05) is 19.7 Å². The van der Waals surface area contributed by atoms with Gasteiger partial charge in [-0.3, -0.25) is 4.79 Å². The molecule has 0 spiro atoms. The molecule has 3 aromatic rings. The summed E-state index contributed by atoms with van der Waals surface area (Å²) in [6.07, 6.45) is 0.723. The van der Waals surface area contributed by atoms with E-state index in [1.807, 2.05) is 0 Å². The molecule has 3 heterocycles. The van der Waals surface area contributed by atoms with Crippen molar-refractivity contribution in [3.63, 3.8) is 0 Å². The van der Waals surface area contributed by atoms with Crippen molar-refractivity contribution >= 4 is 11.6 Å². The molecule has 1 aliphatic rings. The average molecular weight is 360 g/mol. The van der Waals surface area contributed by atoms with Crippen LogP contribution < -0.4 is 5.69 Å². The summed E-state index contributed by atoms with van der Waals surface area (Å²) in [7, 11) is 0. The third-order valence-corrected chi connectivity index (χ3v) is 4.32. The summed E-state index contributed by atoms with van der Waals surface area (Å²) < 4.78 is 33.9. The Labute approximate surface area is 145 Å². The number of amides is 1. The van der Waals surface area contributed by atoms with Crippen LogP contribution in [0.1, 0.15) is 22.0 Å². The molecule has 0 bridgehead atoms. The molecule has 134 valence electrons. The second-order valence-corrected chi connectivity index (χ2v) is 5.95. The molecule has 1 saturated heterocycles. The highest BCUT2D eigenvalue weighted by molar-refractivity contribution is 5.94. The number of nitrogens with zero attached hydrogens (tertiary/aromatic N) is 3. The van der Waals surface area contributed by atoms with Crippen molar-refractivity contribution in [2.24, 2.45) is 0 Å². The Morgan fingerprint density at radius 1 is 1.27 bits per heavy atom. The Hall–Kier alpha value is -3.07. The number of benzene rings is 1. The van der Waals surface area contributed by atoms with Gasteiger partial charge in [-0.25, -0.2) is 23.1 Å². The van der Waals surface area contributed by atoms with E-state index in [2.05, 4.69) is 10.2 Å². The molecule has 7 nitrogen and oxygen atoms in total. The lowest BCUT2D eigenvalue weighted by molar-refractivity contribution is -0.0243. The summed E-state index contributed by atoms with van der Waals surface area (Å²) >= 11 is 0. The molecule has 2 aromatic heterocycles. The van der Waals surface area contributed by atoms with Crippen LogP contribution in [0.25, 0.3) is 5.65 Å². The van der Waals surface area contributed by atoms with E-state index in [0.29, 0.717) is 17.8 Å². The lowest BCUT2D eigenvalue weighted by Gasteiger charge is -2.33. The van der Waals surface area contributed by atoms with E-state index in [4.69, 9.17) is 4.74 Å². The number of H-pyrrole nitrogens is 1. The summed E-state index contributed by atoms with van der Waals surface area (Å²) in [6, 6.07) is 6.39. The molecule has 4 rings (SSSR count). The zero-order valence-corrected chi connectivity index (χ0v) is 13.5. The Balaban J connectivity index is 1.59. The van der Waals surface area contributed by atoms with E-state index >= 15 is 0 Å². The van der Waals surface area contributed by atoms with Gasteiger partial charge in [0.25, 0.3) is 5.91 Å². The second-order valence-electron chi connectivity index (χ2n) is 5.95. The highest BCUT2D eigenvalue weighted by atomic mass is 19.1. The number of halogens is 2. The van der Waals surface area contributed by atoms with Crippen molar-refractivity contribution in [3.8, 4) is 0 Å². The number of nitrogens with one attached hydrogen (secondary N) is 1. The predicted octanol–water partition coefficient (Wildman–Crippen LogP) is 1.51. The number of morpholine rings is 1. The molecule has 0 aliphatic carbocycles. The first-order valence-electron chi connectivity index (χ1n) is 7.95. The van der Waals surface area contributed by atoms with Crippen LogP contribution in [0, 0.1) is 11.6 Å². The molecule has 0 radical (unpaired) electrons. The normalized spacial score (nSPS) is 17.6. The van der Waals surface area contributed by atoms with Gasteiger partial charge in [0.15, 0.2) is 5.65 Å². The number of aromatic amines is 1. The lowest BCUT2D eigenvalue weighted by atomic mass is 10.1. The van der Waals surface area contributed by atoms with Crippen LogP contribution in [-0.2, 0) is 4.74 Å². The molecule has 1 fully saturated rings. The maximum atomic E-state index is 14.0. The molecular weight excluding hydrogens is 346 g/mol. The number of rotatable bonds is 2. The number of hydrogen-bond donors (Lipinski definition) is 1. The van der Waals surface area contributed by atoms with Crippen LogP contribution >= 0.6 is 0 Å². The second kappa shape index (κ2) is 6.34. The minimum Gasteiger partial charge on any atom is -0.370 e. The van der Waals surface area contributed by atoms with Gasteiger partial charge >= 0.3 is 5.69 Å². The minimum atomic E-state index is -0.712. The van der Waals surface area contributed by atoms with Crippen molar-refractivity contribution in [3.05, 3.63) is 69.8 Å². The summed E-state index contributed by atoms with van der Waals surface area (Å²) in [6.45, 7) is 0.678. The third-order valence-electron chi connectivity index (χ3n) is 4.32. The minimum absolute atomic E-state index is 0.125. The molecule has 26 heavy (non-hydrogen) atoms. The standard InChI is InChI=1S/C17H14F2N4O3/c18-11-2-3-12(13(19)7-11)14-9-22(5-6-26-14)16(24)10-1-4-15-20-21-17(25)23(15)8-10/h1-4,7-8,14H,5-6,9H2,(H,21,25). The fourth-order valence-electron chi connectivity index (χ4n) is 3.00. The third kappa shape index (κ3) is 2.86. The van der Waals surface area contributed by atoms with Gasteiger partial charge in [-0.05, 0) is 18.2 Å². The van der Waals surface area contributed by atoms with Gasteiger partial charge in [0.2, 0.25) is 0 Å². The van der Waals surface area contributed by atoms with Gasteiger partial charge in [0.1, 0.15) is 17.7 Å². The van der Waals surface area contributed by atoms with E-state index in [1.165, 1.54) is 21.6 Å². The number of fused-ring (bicyclic) bond motifs is 1. The maximum absolute atomic E-state index is 14.0. The van der Waals surface area contributed by atoms with Crippen molar-refractivity contribution < 1.29 is 18.3 Å². The van der Waals surface area contributed by atoms with Crippen molar-refractivity contribution in [2.45, 2.75) is 6.10 Å². The number of carbonyl (C=O) groups excluding carboxylic acids is 1. The molecule has 1 unspecified atom stereocenters. The maximum Gasteiger partial charge on any atom is 0.347 e. The van der Waals surface area contributed by atoms with E-state index in [0.717, 1.165) is 12.1 Å². The summed E-state index contributed by atoms with van der Waals surface area (Å²) in [5, 5.41) is 6.11. The largest absolute Gasteiger partial charge is 0.370 e. The Morgan fingerprint density at radius 2 is 2.12 bits per heavy atom. The topological polar surface area (TPSA) is 79.7 Å². The average Bonchev–Trinajstić information content (AvgIpc) is 3.02. The van der Waals surface area contributed by atoms with Crippen LogP contribution in [0.3, 0.4) is 0 Å². The fraction of sp³-hybridized carbons (Fsp3) is 0.235. The predicted molar refractivity (Wildman–Crippen MR) is 86.8 cm³/mol. The van der Waals surface area contributed by atoms with Gasteiger partial charge in [0, 0.05) is 24.4 Å². The Bertz CT molecular complexity index is 1050. The number of aromatic nitrogens is 3. The highest BCUT2D eigenvalue weighted by Gasteiger charge is 2.28. The molecule has 1 atom stereocenters. The van der Waals surface area contributed by atoms with E-state index in [9.17, 15) is 18.4 Å². The molecule has 1 aromatic carbocycles. The first-order valence-corrected chi connectivity index (χ1v) is 7.95. The van der Waals surface area contributed by atoms with Crippen LogP contribution in [0.5, 0.6) is 0 Å². The summed E-state index contributed by atoms with van der Waals surface area (Å²) in [5.41, 5.74) is 0.467. The molecular formula is C17H14F2N4O3. The summed E-state index contributed by atoms with van der Waals surface area (Å²) in [5.74, 6) is -1.69. The van der Waals surface area contributed by atoms with Crippen LogP contribution in [0.4, 0.5) is 8.78 Å². The van der Waals surface area contributed by atoms with Crippen molar-refractivity contribution in [1.29, 1.82) is 0 Å². The van der Waals surface area contributed by atoms with Crippen LogP contribution in [-0.4, -0.2) is 45.1 Å². The molecule has 0 saturated carbocycles. The molecule has 1 aliphatic heterocycles. The van der Waals surface area contributed by atoms with Gasteiger partial charge in [-0.2, -0.15) is 5.10 Å². The Morgan fingerprint density at radius 3 is 2.92 bits per heavy atom. The zero-order chi connectivity index (χ0) is 18.3. The van der Waals surface area contributed by atoms with E-state index in [1.54, 1.807) is 12.1 Å². The van der Waals surface area contributed by atoms with Gasteiger partial charge in [0.05, 0.1) is 18.7 Å². The van der Waals surface area contributed by atoms with Gasteiger partial charge in [-0.15, -0.1) is 0 Å². The first-order chi connectivity index (χ1) is 12.5.